The molecule has 0 bridgehead atoms. The molecule has 2 aromatic rings. The van der Waals surface area contributed by atoms with Crippen LogP contribution in [0.1, 0.15) is 21.5 Å². The molecule has 1 unspecified atom stereocenters. The lowest BCUT2D eigenvalue weighted by molar-refractivity contribution is -0.0647. The van der Waals surface area contributed by atoms with Crippen LogP contribution in [0, 0.1) is 12.7 Å². The lowest BCUT2D eigenvalue weighted by Crippen LogP contribution is -2.47. The number of carbonyl (C=O) groups is 1. The van der Waals surface area contributed by atoms with Crippen LogP contribution in [0.2, 0.25) is 5.02 Å². The number of amides is 1. The van der Waals surface area contributed by atoms with Gasteiger partial charge in [0.15, 0.2) is 0 Å². The van der Waals surface area contributed by atoms with Crippen LogP contribution in [0.25, 0.3) is 0 Å². The molecular formula is C22H25ClFNO5. The topological polar surface area (TPSA) is 57.2 Å². The number of benzene rings is 2. The van der Waals surface area contributed by atoms with Gasteiger partial charge in [0.1, 0.15) is 17.3 Å². The number of methoxy groups -OCH3 is 2. The standard InChI is InChI=1S/C22H25ClFNO5/c1-14-20(27-2)8-16(9-21(14)28-3)22(26)25-6-7-30-18(11-25)13-29-12-15-4-5-17(24)10-19(15)23/h4-5,8-10,18H,6-7,11-13H2,1-3H3. The normalized spacial score (nSPS) is 16.4. The van der Waals surface area contributed by atoms with E-state index in [1.165, 1.54) is 12.1 Å². The highest BCUT2D eigenvalue weighted by Crippen LogP contribution is 2.30. The quantitative estimate of drug-likeness (QED) is 0.658. The van der Waals surface area contributed by atoms with Crippen molar-refractivity contribution in [2.45, 2.75) is 19.6 Å². The van der Waals surface area contributed by atoms with Gasteiger partial charge in [-0.15, -0.1) is 0 Å². The molecule has 0 saturated carbocycles. The number of hydrogen-bond donors (Lipinski definition) is 0. The third-order valence-corrected chi connectivity index (χ3v) is 5.35. The minimum atomic E-state index is -0.391. The maximum Gasteiger partial charge on any atom is 0.254 e. The Morgan fingerprint density at radius 2 is 1.93 bits per heavy atom. The second kappa shape index (κ2) is 10.1. The summed E-state index contributed by atoms with van der Waals surface area (Å²) in [6.45, 7) is 3.70. The molecule has 1 saturated heterocycles. The minimum absolute atomic E-state index is 0.124. The molecule has 1 amide bonds. The second-order valence-corrected chi connectivity index (χ2v) is 7.41. The molecule has 6 nitrogen and oxygen atoms in total. The molecule has 0 N–H and O–H groups in total. The summed E-state index contributed by atoms with van der Waals surface area (Å²) in [5.74, 6) is 0.684. The molecule has 8 heteroatoms. The van der Waals surface area contributed by atoms with Gasteiger partial charge in [-0.2, -0.15) is 0 Å². The predicted molar refractivity (Wildman–Crippen MR) is 111 cm³/mol. The largest absolute Gasteiger partial charge is 0.496 e. The summed E-state index contributed by atoms with van der Waals surface area (Å²) in [5, 5.41) is 0.318. The second-order valence-electron chi connectivity index (χ2n) is 7.00. The van der Waals surface area contributed by atoms with Gasteiger partial charge >= 0.3 is 0 Å². The Hall–Kier alpha value is -2.35. The van der Waals surface area contributed by atoms with Gasteiger partial charge in [0, 0.05) is 29.2 Å². The molecule has 1 aliphatic rings. The summed E-state index contributed by atoms with van der Waals surface area (Å²) in [7, 11) is 3.12. The first kappa shape index (κ1) is 22.3. The molecule has 3 rings (SSSR count). The lowest BCUT2D eigenvalue weighted by atomic mass is 10.1. The third-order valence-electron chi connectivity index (χ3n) is 5.00. The maximum absolute atomic E-state index is 13.1. The van der Waals surface area contributed by atoms with Crippen molar-refractivity contribution < 1.29 is 28.1 Å². The smallest absolute Gasteiger partial charge is 0.254 e. The van der Waals surface area contributed by atoms with E-state index < -0.39 is 5.82 Å². The summed E-state index contributed by atoms with van der Waals surface area (Å²) in [6, 6.07) is 7.62. The summed E-state index contributed by atoms with van der Waals surface area (Å²) in [5.41, 5.74) is 2.03. The molecule has 0 radical (unpaired) electrons. The Morgan fingerprint density at radius 1 is 1.23 bits per heavy atom. The van der Waals surface area contributed by atoms with E-state index in [0.29, 0.717) is 47.3 Å². The zero-order valence-corrected chi connectivity index (χ0v) is 18.0. The van der Waals surface area contributed by atoms with Crippen LogP contribution < -0.4 is 9.47 Å². The molecule has 0 aliphatic carbocycles. The first-order valence-electron chi connectivity index (χ1n) is 9.58. The van der Waals surface area contributed by atoms with Crippen molar-refractivity contribution in [2.75, 3.05) is 40.5 Å². The Balaban J connectivity index is 1.61. The molecule has 2 aromatic carbocycles. The maximum atomic E-state index is 13.1. The van der Waals surface area contributed by atoms with Gasteiger partial charge in [-0.05, 0) is 36.8 Å². The van der Waals surface area contributed by atoms with Crippen LogP contribution in [0.3, 0.4) is 0 Å². The molecule has 30 heavy (non-hydrogen) atoms. The fourth-order valence-electron chi connectivity index (χ4n) is 3.34. The van der Waals surface area contributed by atoms with E-state index in [1.54, 1.807) is 37.3 Å². The van der Waals surface area contributed by atoms with Crippen molar-refractivity contribution in [3.63, 3.8) is 0 Å². The SMILES string of the molecule is COc1cc(C(=O)N2CCOC(COCc3ccc(F)cc3Cl)C2)cc(OC)c1C. The van der Waals surface area contributed by atoms with Crippen molar-refractivity contribution in [2.24, 2.45) is 0 Å². The Labute approximate surface area is 180 Å². The summed E-state index contributed by atoms with van der Waals surface area (Å²) in [4.78, 5) is 14.8. The molecule has 162 valence electrons. The number of carbonyl (C=O) groups excluding carboxylic acids is 1. The minimum Gasteiger partial charge on any atom is -0.496 e. The summed E-state index contributed by atoms with van der Waals surface area (Å²) in [6.07, 6.45) is -0.267. The van der Waals surface area contributed by atoms with Crippen LogP contribution >= 0.6 is 11.6 Å². The molecule has 1 heterocycles. The molecule has 1 aliphatic heterocycles. The van der Waals surface area contributed by atoms with Crippen LogP contribution in [-0.2, 0) is 16.1 Å². The predicted octanol–water partition coefficient (Wildman–Crippen LogP) is 3.86. The van der Waals surface area contributed by atoms with E-state index in [1.807, 2.05) is 6.92 Å². The highest BCUT2D eigenvalue weighted by molar-refractivity contribution is 6.31. The molecule has 1 fully saturated rings. The van der Waals surface area contributed by atoms with Gasteiger partial charge in [0.2, 0.25) is 0 Å². The van der Waals surface area contributed by atoms with Crippen LogP contribution in [0.15, 0.2) is 30.3 Å². The fraction of sp³-hybridized carbons (Fsp3) is 0.409. The van der Waals surface area contributed by atoms with E-state index in [-0.39, 0.29) is 25.2 Å². The first-order valence-corrected chi connectivity index (χ1v) is 9.96. The summed E-state index contributed by atoms with van der Waals surface area (Å²) < 4.78 is 35.3. The average Bonchev–Trinajstić information content (AvgIpc) is 2.75. The fourth-order valence-corrected chi connectivity index (χ4v) is 3.56. The zero-order valence-electron chi connectivity index (χ0n) is 17.2. The first-order chi connectivity index (χ1) is 14.4. The monoisotopic (exact) mass is 437 g/mol. The van der Waals surface area contributed by atoms with E-state index in [9.17, 15) is 9.18 Å². The van der Waals surface area contributed by atoms with E-state index in [0.717, 1.165) is 5.56 Å². The number of halogens is 2. The molecule has 1 atom stereocenters. The van der Waals surface area contributed by atoms with Crippen molar-refractivity contribution in [1.82, 2.24) is 4.90 Å². The number of hydrogen-bond acceptors (Lipinski definition) is 5. The Kier molecular flexibility index (Phi) is 7.53. The number of nitrogens with zero attached hydrogens (tertiary/aromatic N) is 1. The highest BCUT2D eigenvalue weighted by atomic mass is 35.5. The number of rotatable bonds is 7. The van der Waals surface area contributed by atoms with Crippen LogP contribution in [-0.4, -0.2) is 57.4 Å². The van der Waals surface area contributed by atoms with Crippen molar-refractivity contribution >= 4 is 17.5 Å². The lowest BCUT2D eigenvalue weighted by Gasteiger charge is -2.33. The molecular weight excluding hydrogens is 413 g/mol. The molecule has 0 aromatic heterocycles. The number of morpholine rings is 1. The highest BCUT2D eigenvalue weighted by Gasteiger charge is 2.26. The Bertz CT molecular complexity index is 882. The van der Waals surface area contributed by atoms with Crippen molar-refractivity contribution in [3.05, 3.63) is 57.9 Å². The van der Waals surface area contributed by atoms with Gasteiger partial charge in [-0.25, -0.2) is 4.39 Å². The number of ether oxygens (including phenoxy) is 4. The van der Waals surface area contributed by atoms with Crippen LogP contribution in [0.4, 0.5) is 4.39 Å². The van der Waals surface area contributed by atoms with Crippen molar-refractivity contribution in [1.29, 1.82) is 0 Å². The zero-order chi connectivity index (χ0) is 21.7. The van der Waals surface area contributed by atoms with E-state index >= 15 is 0 Å². The Morgan fingerprint density at radius 3 is 2.57 bits per heavy atom. The van der Waals surface area contributed by atoms with Crippen LogP contribution in [0.5, 0.6) is 11.5 Å². The van der Waals surface area contributed by atoms with E-state index in [4.69, 9.17) is 30.5 Å². The van der Waals surface area contributed by atoms with Gasteiger partial charge in [0.05, 0.1) is 40.1 Å². The van der Waals surface area contributed by atoms with E-state index in [2.05, 4.69) is 0 Å². The summed E-state index contributed by atoms with van der Waals surface area (Å²) >= 11 is 6.02. The van der Waals surface area contributed by atoms with Crippen molar-refractivity contribution in [3.8, 4) is 11.5 Å². The average molecular weight is 438 g/mol. The molecule has 0 spiro atoms. The van der Waals surface area contributed by atoms with Gasteiger partial charge < -0.3 is 23.8 Å². The van der Waals surface area contributed by atoms with Gasteiger partial charge in [-0.3, -0.25) is 4.79 Å². The third kappa shape index (κ3) is 5.22. The van der Waals surface area contributed by atoms with Gasteiger partial charge in [0.25, 0.3) is 5.91 Å². The van der Waals surface area contributed by atoms with Gasteiger partial charge in [-0.1, -0.05) is 17.7 Å².